The van der Waals surface area contributed by atoms with E-state index in [1.807, 2.05) is 25.2 Å². The Morgan fingerprint density at radius 3 is 2.56 bits per heavy atom. The highest BCUT2D eigenvalue weighted by molar-refractivity contribution is 6.42. The fourth-order valence-corrected chi connectivity index (χ4v) is 1.76. The lowest BCUT2D eigenvalue weighted by molar-refractivity contribution is 0.163. The van der Waals surface area contributed by atoms with E-state index < -0.39 is 0 Å². The molecule has 0 aliphatic carbocycles. The van der Waals surface area contributed by atoms with Crippen LogP contribution in [0.1, 0.15) is 18.9 Å². The van der Waals surface area contributed by atoms with Crippen LogP contribution in [-0.4, -0.2) is 29.7 Å². The number of hydrogen-bond donors (Lipinski definition) is 1. The number of nitrogens with zero attached hydrogens (tertiary/aromatic N) is 1. The lowest BCUT2D eigenvalue weighted by Gasteiger charge is -2.17. The number of hydrogen-bond acceptors (Lipinski definition) is 2. The molecule has 4 heteroatoms. The van der Waals surface area contributed by atoms with Gasteiger partial charge in [0, 0.05) is 13.1 Å². The van der Waals surface area contributed by atoms with Crippen LogP contribution in [0, 0.1) is 0 Å². The zero-order chi connectivity index (χ0) is 12.1. The van der Waals surface area contributed by atoms with E-state index in [0.717, 1.165) is 25.1 Å². The summed E-state index contributed by atoms with van der Waals surface area (Å²) in [4.78, 5) is 2.15. The summed E-state index contributed by atoms with van der Waals surface area (Å²) >= 11 is 11.8. The first kappa shape index (κ1) is 13.8. The molecule has 0 bridgehead atoms. The summed E-state index contributed by atoms with van der Waals surface area (Å²) in [7, 11) is 2.02. The van der Waals surface area contributed by atoms with E-state index in [2.05, 4.69) is 4.90 Å². The summed E-state index contributed by atoms with van der Waals surface area (Å²) in [6.45, 7) is 3.47. The molecular weight excluding hydrogens is 245 g/mol. The summed E-state index contributed by atoms with van der Waals surface area (Å²) in [6.07, 6.45) is 0.522. The minimum Gasteiger partial charge on any atom is -0.393 e. The molecule has 0 saturated carbocycles. The Balaban J connectivity index is 2.49. The van der Waals surface area contributed by atoms with Crippen LogP contribution in [-0.2, 0) is 6.54 Å². The topological polar surface area (TPSA) is 23.5 Å². The Morgan fingerprint density at radius 2 is 2.00 bits per heavy atom. The van der Waals surface area contributed by atoms with E-state index in [-0.39, 0.29) is 6.10 Å². The van der Waals surface area contributed by atoms with Crippen LogP contribution in [0.25, 0.3) is 0 Å². The molecule has 1 unspecified atom stereocenters. The first-order valence-corrected chi connectivity index (χ1v) is 6.05. The molecule has 0 aliphatic heterocycles. The molecule has 2 nitrogen and oxygen atoms in total. The smallest absolute Gasteiger partial charge is 0.0595 e. The SMILES string of the molecule is CC(O)CCN(C)Cc1ccc(Cl)c(Cl)c1. The molecule has 0 heterocycles. The number of rotatable bonds is 5. The average Bonchev–Trinajstić information content (AvgIpc) is 2.21. The van der Waals surface area contributed by atoms with Crippen LogP contribution in [0.4, 0.5) is 0 Å². The summed E-state index contributed by atoms with van der Waals surface area (Å²) in [5, 5.41) is 10.3. The standard InChI is InChI=1S/C12H17Cl2NO/c1-9(16)5-6-15(2)8-10-3-4-11(13)12(14)7-10/h3-4,7,9,16H,5-6,8H2,1-2H3. The molecule has 1 aromatic rings. The van der Waals surface area contributed by atoms with Gasteiger partial charge in [-0.1, -0.05) is 29.3 Å². The molecule has 0 amide bonds. The fraction of sp³-hybridized carbons (Fsp3) is 0.500. The quantitative estimate of drug-likeness (QED) is 0.880. The van der Waals surface area contributed by atoms with E-state index in [0.29, 0.717) is 10.0 Å². The van der Waals surface area contributed by atoms with Gasteiger partial charge < -0.3 is 10.0 Å². The van der Waals surface area contributed by atoms with Crippen molar-refractivity contribution in [2.75, 3.05) is 13.6 Å². The molecule has 1 atom stereocenters. The maximum absolute atomic E-state index is 9.18. The second-order valence-electron chi connectivity index (χ2n) is 4.12. The Labute approximate surface area is 107 Å². The first-order valence-electron chi connectivity index (χ1n) is 5.29. The number of aliphatic hydroxyl groups is 1. The minimum absolute atomic E-state index is 0.253. The van der Waals surface area contributed by atoms with Crippen LogP contribution in [0.3, 0.4) is 0 Å². The molecule has 1 aromatic carbocycles. The molecule has 0 aliphatic rings. The van der Waals surface area contributed by atoms with Gasteiger partial charge in [-0.3, -0.25) is 0 Å². The minimum atomic E-state index is -0.253. The molecular formula is C12H17Cl2NO. The van der Waals surface area contributed by atoms with Gasteiger partial charge in [-0.15, -0.1) is 0 Å². The van der Waals surface area contributed by atoms with Crippen molar-refractivity contribution in [1.82, 2.24) is 4.90 Å². The van der Waals surface area contributed by atoms with Gasteiger partial charge in [-0.05, 0) is 38.1 Å². The summed E-state index contributed by atoms with van der Waals surface area (Å²) < 4.78 is 0. The van der Waals surface area contributed by atoms with Gasteiger partial charge in [0.2, 0.25) is 0 Å². The van der Waals surface area contributed by atoms with Crippen LogP contribution in [0.5, 0.6) is 0 Å². The average molecular weight is 262 g/mol. The van der Waals surface area contributed by atoms with Crippen molar-refractivity contribution in [1.29, 1.82) is 0 Å². The first-order chi connectivity index (χ1) is 7.49. The molecule has 0 saturated heterocycles. The molecule has 16 heavy (non-hydrogen) atoms. The molecule has 0 radical (unpaired) electrons. The van der Waals surface area contributed by atoms with Crippen LogP contribution in [0.2, 0.25) is 10.0 Å². The molecule has 0 aromatic heterocycles. The Bertz CT molecular complexity index is 342. The lowest BCUT2D eigenvalue weighted by atomic mass is 10.2. The van der Waals surface area contributed by atoms with E-state index in [1.54, 1.807) is 6.92 Å². The van der Waals surface area contributed by atoms with Gasteiger partial charge in [0.1, 0.15) is 0 Å². The zero-order valence-corrected chi connectivity index (χ0v) is 11.1. The van der Waals surface area contributed by atoms with E-state index in [9.17, 15) is 5.11 Å². The van der Waals surface area contributed by atoms with Crippen LogP contribution >= 0.6 is 23.2 Å². The van der Waals surface area contributed by atoms with Gasteiger partial charge in [0.05, 0.1) is 16.1 Å². The summed E-state index contributed by atoms with van der Waals surface area (Å²) in [5.41, 5.74) is 1.13. The zero-order valence-electron chi connectivity index (χ0n) is 9.58. The molecule has 0 fully saturated rings. The Hall–Kier alpha value is -0.280. The highest BCUT2D eigenvalue weighted by atomic mass is 35.5. The number of benzene rings is 1. The fourth-order valence-electron chi connectivity index (χ4n) is 1.44. The van der Waals surface area contributed by atoms with Crippen molar-refractivity contribution in [2.45, 2.75) is 26.0 Å². The summed E-state index contributed by atoms with van der Waals surface area (Å²) in [6, 6.07) is 5.65. The highest BCUT2D eigenvalue weighted by Crippen LogP contribution is 2.23. The largest absolute Gasteiger partial charge is 0.393 e. The van der Waals surface area contributed by atoms with E-state index in [1.165, 1.54) is 0 Å². The van der Waals surface area contributed by atoms with Crippen LogP contribution < -0.4 is 0 Å². The van der Waals surface area contributed by atoms with Gasteiger partial charge >= 0.3 is 0 Å². The van der Waals surface area contributed by atoms with Crippen molar-refractivity contribution >= 4 is 23.2 Å². The second-order valence-corrected chi connectivity index (χ2v) is 4.94. The Kier molecular flexibility index (Phi) is 5.56. The summed E-state index contributed by atoms with van der Waals surface area (Å²) in [5.74, 6) is 0. The third-order valence-electron chi connectivity index (χ3n) is 2.37. The number of aliphatic hydroxyl groups excluding tert-OH is 1. The highest BCUT2D eigenvalue weighted by Gasteiger charge is 2.04. The van der Waals surface area contributed by atoms with Gasteiger partial charge in [-0.25, -0.2) is 0 Å². The van der Waals surface area contributed by atoms with Crippen molar-refractivity contribution in [3.8, 4) is 0 Å². The lowest BCUT2D eigenvalue weighted by Crippen LogP contribution is -2.22. The van der Waals surface area contributed by atoms with Crippen molar-refractivity contribution in [3.63, 3.8) is 0 Å². The molecule has 1 N–H and O–H groups in total. The van der Waals surface area contributed by atoms with Crippen molar-refractivity contribution < 1.29 is 5.11 Å². The molecule has 90 valence electrons. The predicted octanol–water partition coefficient (Wildman–Crippen LogP) is 3.20. The number of halogens is 2. The van der Waals surface area contributed by atoms with Gasteiger partial charge in [0.25, 0.3) is 0 Å². The van der Waals surface area contributed by atoms with Gasteiger partial charge in [-0.2, -0.15) is 0 Å². The monoisotopic (exact) mass is 261 g/mol. The van der Waals surface area contributed by atoms with E-state index in [4.69, 9.17) is 23.2 Å². The van der Waals surface area contributed by atoms with Crippen molar-refractivity contribution in [2.24, 2.45) is 0 Å². The second kappa shape index (κ2) is 6.45. The molecule has 0 spiro atoms. The van der Waals surface area contributed by atoms with Gasteiger partial charge in [0.15, 0.2) is 0 Å². The normalized spacial score (nSPS) is 13.1. The van der Waals surface area contributed by atoms with Crippen molar-refractivity contribution in [3.05, 3.63) is 33.8 Å². The Morgan fingerprint density at radius 1 is 1.31 bits per heavy atom. The molecule has 1 rings (SSSR count). The maximum atomic E-state index is 9.18. The van der Waals surface area contributed by atoms with Crippen LogP contribution in [0.15, 0.2) is 18.2 Å². The third kappa shape index (κ3) is 4.71. The maximum Gasteiger partial charge on any atom is 0.0595 e. The van der Waals surface area contributed by atoms with E-state index >= 15 is 0 Å². The third-order valence-corrected chi connectivity index (χ3v) is 3.10. The predicted molar refractivity (Wildman–Crippen MR) is 69.1 cm³/mol.